The van der Waals surface area contributed by atoms with Crippen LogP contribution in [-0.4, -0.2) is 183 Å². The highest BCUT2D eigenvalue weighted by molar-refractivity contribution is 7.97. The zero-order valence-corrected chi connectivity index (χ0v) is 45.2. The van der Waals surface area contributed by atoms with Crippen LogP contribution in [0.25, 0.3) is 0 Å². The minimum atomic E-state index is -2.67. The van der Waals surface area contributed by atoms with Gasteiger partial charge in [-0.25, -0.2) is 13.2 Å². The van der Waals surface area contributed by atoms with E-state index in [2.05, 4.69) is 91.3 Å². The summed E-state index contributed by atoms with van der Waals surface area (Å²) in [7, 11) is 15.1. The standard InChI is InChI=1S/C4H10N2.C4H9NO.C3H9N.C3H6O3.2C3H6O2.C3H6O.C2H6O2S.C2H6OS.C2H4O.C2H6S.5C2H4.16CH4/c1-4(5)6(2)3;1-4(6)5(2)3;1-4(2)3;1-5-3(4)6-2;2*1-3(4)5-2;1-3(2)4;1-5(2,3)4;1-4(2)3;1-2-3;1-3-2;5*1-2;;;;;;;;;;;;;;;;/h5H,1-3H3;1-3H3;1-3H3;1-2H3;2*1-2H3;1-2H3;1-2H3;1-2H3;2-3H,1H2;1-2H3;5*1-2H2;16*1H4. The second kappa shape index (κ2) is 253. The fraction of sp³-hybridized carbons (Fsp3) is 0.684. The Bertz CT molecular complexity index is 940. The molecule has 0 aromatic rings. The van der Waals surface area contributed by atoms with Gasteiger partial charge in [-0.3, -0.25) is 24.0 Å². The number of carbonyl (C=O) groups excluding carboxylic acids is 5. The van der Waals surface area contributed by atoms with Gasteiger partial charge in [-0.2, -0.15) is 11.8 Å². The molecule has 2 N–H and O–H groups in total. The number of hydrogen-bond acceptors (Lipinski definition) is 16. The number of aliphatic hydroxyl groups excluding tert-OH is 1. The van der Waals surface area contributed by atoms with Crippen LogP contribution in [0, 0.1) is 5.41 Å². The molecule has 17 nitrogen and oxygen atoms in total. The molecule has 0 aromatic heterocycles. The van der Waals surface area contributed by atoms with Crippen molar-refractivity contribution in [3.63, 3.8) is 0 Å². The second-order valence-electron chi connectivity index (χ2n) is 9.67. The largest absolute Gasteiger partial charge is 0.516 e. The molecule has 0 heterocycles. The number of methoxy groups -OCH3 is 4. The van der Waals surface area contributed by atoms with Gasteiger partial charge < -0.3 is 43.5 Å². The van der Waals surface area contributed by atoms with Crippen LogP contribution in [0.4, 0.5) is 4.79 Å². The average Bonchev–Trinajstić information content (AvgIpc) is 3.15. The van der Waals surface area contributed by atoms with Gasteiger partial charge in [0.05, 0.1) is 40.5 Å². The first-order valence-electron chi connectivity index (χ1n) is 16.4. The number of hydrogen-bond donors (Lipinski definition) is 2. The molecule has 77 heavy (non-hydrogen) atoms. The topological polar surface area (TPSA) is 227 Å². The third-order valence-corrected chi connectivity index (χ3v) is 2.21. The van der Waals surface area contributed by atoms with Gasteiger partial charge in [0.15, 0.2) is 0 Å². The summed E-state index contributed by atoms with van der Waals surface area (Å²) in [6.07, 6.45) is 9.77. The van der Waals surface area contributed by atoms with Gasteiger partial charge in [0.1, 0.15) is 15.6 Å². The summed E-state index contributed by atoms with van der Waals surface area (Å²) in [4.78, 5) is 53.7. The van der Waals surface area contributed by atoms with E-state index in [1.165, 1.54) is 68.0 Å². The van der Waals surface area contributed by atoms with Gasteiger partial charge >= 0.3 is 18.1 Å². The number of ether oxygens (including phenoxy) is 4. The highest BCUT2D eigenvalue weighted by Crippen LogP contribution is 1.73. The van der Waals surface area contributed by atoms with Gasteiger partial charge in [0.2, 0.25) is 5.91 Å². The summed E-state index contributed by atoms with van der Waals surface area (Å²) in [5.41, 5.74) is 0. The highest BCUT2D eigenvalue weighted by Gasteiger charge is 1.89. The van der Waals surface area contributed by atoms with Crippen LogP contribution >= 0.6 is 11.8 Å². The van der Waals surface area contributed by atoms with E-state index in [0.717, 1.165) is 18.8 Å². The van der Waals surface area contributed by atoms with Crippen LogP contribution in [0.1, 0.15) is 160 Å². The fourth-order valence-electron chi connectivity index (χ4n) is 0.0833. The third kappa shape index (κ3) is 2620. The number of ketones is 1. The molecule has 0 atom stereocenters. The van der Waals surface area contributed by atoms with Crippen molar-refractivity contribution in [2.45, 2.75) is 160 Å². The van der Waals surface area contributed by atoms with Crippen molar-refractivity contribution in [3.8, 4) is 0 Å². The van der Waals surface area contributed by atoms with E-state index < -0.39 is 26.8 Å². The normalized spacial score (nSPS) is 5.31. The number of amidine groups is 1. The first-order chi connectivity index (χ1) is 27.7. The van der Waals surface area contributed by atoms with Crippen LogP contribution < -0.4 is 0 Å². The zero-order valence-electron chi connectivity index (χ0n) is 42.8. The average molecular weight is 1200 g/mol. The predicted molar refractivity (Wildman–Crippen MR) is 379 cm³/mol. The quantitative estimate of drug-likeness (QED) is 0.0574. The highest BCUT2D eigenvalue weighted by atomic mass is 32.2. The molecule has 0 fully saturated rings. The molecule has 0 aromatic carbocycles. The number of esters is 2. The van der Waals surface area contributed by atoms with Crippen LogP contribution in [-0.2, 0) is 58.8 Å². The summed E-state index contributed by atoms with van der Waals surface area (Å²) in [5.74, 6) is 0.361. The Morgan fingerprint density at radius 3 is 0.558 bits per heavy atom. The summed E-state index contributed by atoms with van der Waals surface area (Å²) in [6, 6.07) is 0. The lowest BCUT2D eigenvalue weighted by atomic mass is 10.6. The third-order valence-electron chi connectivity index (χ3n) is 2.21. The molecule has 0 aliphatic rings. The van der Waals surface area contributed by atoms with Crippen molar-refractivity contribution >= 4 is 68.0 Å². The Kier molecular flexibility index (Phi) is 742. The monoisotopic (exact) mass is 1200 g/mol. The molecule has 502 valence electrons. The Hall–Kier alpha value is -4.53. The van der Waals surface area contributed by atoms with Gasteiger partial charge in [-0.05, 0) is 54.4 Å². The Balaban J connectivity index is -0.00000000933. The second-order valence-corrected chi connectivity index (χ2v) is 14.3. The molecule has 0 aliphatic heterocycles. The van der Waals surface area contributed by atoms with Crippen molar-refractivity contribution in [2.24, 2.45) is 0 Å². The molecule has 0 unspecified atom stereocenters. The maximum absolute atomic E-state index is 10.1. The van der Waals surface area contributed by atoms with Crippen molar-refractivity contribution in [1.29, 1.82) is 5.41 Å². The van der Waals surface area contributed by atoms with Crippen LogP contribution in [0.5, 0.6) is 0 Å². The number of Topliss-reactive ketones (excluding diaryl/α,β-unsaturated/α-hetero) is 1. The van der Waals surface area contributed by atoms with E-state index in [9.17, 15) is 36.6 Å². The molecule has 0 radical (unpaired) electrons. The molecule has 0 aliphatic carbocycles. The Labute approximate surface area is 500 Å². The predicted octanol–water partition coefficient (Wildman–Crippen LogP) is 17.7. The SMILES string of the molecule is C.C.C.C.C.C.C.C.C.C.C.C.C.C.C.C.C=C.C=C.C=C.C=C.C=C.C=CO.CC(=N)N(C)C.CC(=O)N(C)C.CC(C)=O.CN(C)C.COC(=O)OC.COC(C)=O.COC(C)=O.CS(C)(=O)=O.CS(C)=O.CSC. The van der Waals surface area contributed by atoms with Crippen LogP contribution in [0.2, 0.25) is 0 Å². The van der Waals surface area contributed by atoms with Gasteiger partial charge in [0.25, 0.3) is 0 Å². The van der Waals surface area contributed by atoms with Crippen LogP contribution in [0.3, 0.4) is 0 Å². The lowest BCUT2D eigenvalue weighted by molar-refractivity contribution is -0.138. The first kappa shape index (κ1) is 226. The van der Waals surface area contributed by atoms with E-state index in [0.29, 0.717) is 5.84 Å². The van der Waals surface area contributed by atoms with E-state index in [1.54, 1.807) is 50.2 Å². The Morgan fingerprint density at radius 1 is 0.494 bits per heavy atom. The minimum Gasteiger partial charge on any atom is -0.516 e. The lowest BCUT2D eigenvalue weighted by Gasteiger charge is -2.06. The molecule has 0 saturated carbocycles. The number of sulfone groups is 1. The lowest BCUT2D eigenvalue weighted by Crippen LogP contribution is -2.17. The van der Waals surface area contributed by atoms with E-state index in [4.69, 9.17) is 10.5 Å². The number of carbonyl (C=O) groups is 5. The molecule has 20 heteroatoms. The zero-order chi connectivity index (χ0) is 54.5. The molecular formula is C57H158N4O13S3. The molecular weight excluding hydrogens is 1040 g/mol. The van der Waals surface area contributed by atoms with Crippen molar-refractivity contribution in [3.05, 3.63) is 78.6 Å². The summed E-state index contributed by atoms with van der Waals surface area (Å²) >= 11 is 1.75. The van der Waals surface area contributed by atoms with Gasteiger partial charge in [-0.15, -0.1) is 65.8 Å². The number of rotatable bonds is 0. The molecule has 0 rings (SSSR count). The smallest absolute Gasteiger partial charge is 0.507 e. The molecule has 0 bridgehead atoms. The van der Waals surface area contributed by atoms with E-state index in [-0.39, 0.29) is 142 Å². The number of thioether (sulfide) groups is 1. The maximum Gasteiger partial charge on any atom is 0.507 e. The van der Waals surface area contributed by atoms with E-state index in [1.807, 2.05) is 52.6 Å². The van der Waals surface area contributed by atoms with Crippen LogP contribution in [0.15, 0.2) is 78.6 Å². The number of nitrogens with one attached hydrogen (secondary N) is 1. The van der Waals surface area contributed by atoms with Crippen molar-refractivity contribution < 1.29 is 60.7 Å². The number of aliphatic hydroxyl groups is 1. The molecule has 0 spiro atoms. The summed E-state index contributed by atoms with van der Waals surface area (Å²) in [6.45, 7) is 42.0. The summed E-state index contributed by atoms with van der Waals surface area (Å²) < 4.78 is 45.1. The van der Waals surface area contributed by atoms with Gasteiger partial charge in [0, 0.05) is 84.8 Å². The maximum atomic E-state index is 10.1. The van der Waals surface area contributed by atoms with Crippen molar-refractivity contribution in [1.82, 2.24) is 14.7 Å². The fourth-order valence-corrected chi connectivity index (χ4v) is 0.0833. The van der Waals surface area contributed by atoms with Crippen molar-refractivity contribution in [2.75, 3.05) is 115 Å². The number of amides is 1. The Morgan fingerprint density at radius 2 is 0.558 bits per heavy atom. The van der Waals surface area contributed by atoms with E-state index >= 15 is 0 Å². The number of nitrogens with zero attached hydrogens (tertiary/aromatic N) is 3. The van der Waals surface area contributed by atoms with Gasteiger partial charge in [-0.1, -0.05) is 125 Å². The molecule has 0 saturated heterocycles. The minimum absolute atomic E-state index is 0. The molecule has 1 amide bonds. The summed E-state index contributed by atoms with van der Waals surface area (Å²) in [5, 5.41) is 14.2. The first-order valence-corrected chi connectivity index (χ1v) is 22.3.